The Morgan fingerprint density at radius 3 is 2.11 bits per heavy atom. The van der Waals surface area contributed by atoms with Crippen molar-refractivity contribution in [3.63, 3.8) is 0 Å². The lowest BCUT2D eigenvalue weighted by Gasteiger charge is -2.08. The summed E-state index contributed by atoms with van der Waals surface area (Å²) in [6.45, 7) is 0.424. The summed E-state index contributed by atoms with van der Waals surface area (Å²) in [5, 5.41) is 5.39. The number of anilines is 1. The van der Waals surface area contributed by atoms with Crippen LogP contribution in [0.15, 0.2) is 72.8 Å². The van der Waals surface area contributed by atoms with Crippen LogP contribution in [0.1, 0.15) is 26.3 Å². The van der Waals surface area contributed by atoms with Crippen molar-refractivity contribution in [2.24, 2.45) is 0 Å². The van der Waals surface area contributed by atoms with E-state index in [1.807, 2.05) is 30.3 Å². The Morgan fingerprint density at radius 2 is 1.48 bits per heavy atom. The fourth-order valence-corrected chi connectivity index (χ4v) is 2.61. The quantitative estimate of drug-likeness (QED) is 0.674. The SMILES string of the molecule is O=C(NCc1ccccc1)c1ccc(C(=O)Nc2ccc(F)c(Cl)c2)cc1. The van der Waals surface area contributed by atoms with E-state index in [4.69, 9.17) is 11.6 Å². The molecule has 0 radical (unpaired) electrons. The fourth-order valence-electron chi connectivity index (χ4n) is 2.43. The molecule has 3 aromatic carbocycles. The number of nitrogens with one attached hydrogen (secondary N) is 2. The highest BCUT2D eigenvalue weighted by Gasteiger charge is 2.10. The van der Waals surface area contributed by atoms with Crippen LogP contribution in [-0.2, 0) is 6.54 Å². The number of rotatable bonds is 5. The molecule has 0 saturated carbocycles. The van der Waals surface area contributed by atoms with Gasteiger partial charge in [0.05, 0.1) is 5.02 Å². The number of carbonyl (C=O) groups is 2. The maximum atomic E-state index is 13.2. The van der Waals surface area contributed by atoms with Crippen molar-refractivity contribution in [3.05, 3.63) is 100 Å². The van der Waals surface area contributed by atoms with E-state index < -0.39 is 5.82 Å². The van der Waals surface area contributed by atoms with E-state index in [1.54, 1.807) is 24.3 Å². The molecule has 3 aromatic rings. The van der Waals surface area contributed by atoms with Gasteiger partial charge in [-0.25, -0.2) is 4.39 Å². The molecule has 0 aliphatic heterocycles. The molecule has 4 nitrogen and oxygen atoms in total. The molecule has 136 valence electrons. The van der Waals surface area contributed by atoms with Crippen LogP contribution in [0.5, 0.6) is 0 Å². The van der Waals surface area contributed by atoms with Crippen LogP contribution in [0.4, 0.5) is 10.1 Å². The molecule has 27 heavy (non-hydrogen) atoms. The maximum Gasteiger partial charge on any atom is 0.255 e. The minimum absolute atomic E-state index is 0.0711. The van der Waals surface area contributed by atoms with E-state index in [1.165, 1.54) is 18.2 Å². The second-order valence-corrected chi connectivity index (χ2v) is 6.24. The maximum absolute atomic E-state index is 13.2. The Labute approximate surface area is 161 Å². The highest BCUT2D eigenvalue weighted by molar-refractivity contribution is 6.31. The van der Waals surface area contributed by atoms with Gasteiger partial charge in [-0.05, 0) is 48.0 Å². The van der Waals surface area contributed by atoms with E-state index >= 15 is 0 Å². The van der Waals surface area contributed by atoms with Gasteiger partial charge in [0.2, 0.25) is 0 Å². The molecule has 0 spiro atoms. The van der Waals surface area contributed by atoms with Crippen molar-refractivity contribution in [1.29, 1.82) is 0 Å². The largest absolute Gasteiger partial charge is 0.348 e. The van der Waals surface area contributed by atoms with Crippen LogP contribution in [0.25, 0.3) is 0 Å². The van der Waals surface area contributed by atoms with E-state index in [9.17, 15) is 14.0 Å². The number of hydrogen-bond donors (Lipinski definition) is 2. The smallest absolute Gasteiger partial charge is 0.255 e. The summed E-state index contributed by atoms with van der Waals surface area (Å²) in [6.07, 6.45) is 0. The highest BCUT2D eigenvalue weighted by Crippen LogP contribution is 2.20. The minimum Gasteiger partial charge on any atom is -0.348 e. The topological polar surface area (TPSA) is 58.2 Å². The summed E-state index contributed by atoms with van der Waals surface area (Å²) >= 11 is 5.70. The van der Waals surface area contributed by atoms with E-state index in [0.717, 1.165) is 5.56 Å². The van der Waals surface area contributed by atoms with Crippen LogP contribution in [0.3, 0.4) is 0 Å². The van der Waals surface area contributed by atoms with Gasteiger partial charge in [-0.3, -0.25) is 9.59 Å². The number of carbonyl (C=O) groups excluding carboxylic acids is 2. The van der Waals surface area contributed by atoms with Gasteiger partial charge in [0, 0.05) is 23.4 Å². The van der Waals surface area contributed by atoms with Gasteiger partial charge in [-0.15, -0.1) is 0 Å². The van der Waals surface area contributed by atoms with Gasteiger partial charge >= 0.3 is 0 Å². The van der Waals surface area contributed by atoms with Crippen molar-refractivity contribution in [2.75, 3.05) is 5.32 Å². The predicted molar refractivity (Wildman–Crippen MR) is 103 cm³/mol. The predicted octanol–water partition coefficient (Wildman–Crippen LogP) is 4.66. The Kier molecular flexibility index (Phi) is 5.84. The molecule has 2 N–H and O–H groups in total. The normalized spacial score (nSPS) is 10.3. The lowest BCUT2D eigenvalue weighted by molar-refractivity contribution is 0.0949. The Morgan fingerprint density at radius 1 is 0.852 bits per heavy atom. The Bertz CT molecular complexity index is 960. The van der Waals surface area contributed by atoms with Crippen LogP contribution >= 0.6 is 11.6 Å². The fraction of sp³-hybridized carbons (Fsp3) is 0.0476. The van der Waals surface area contributed by atoms with Crippen molar-refractivity contribution in [3.8, 4) is 0 Å². The molecule has 0 aliphatic rings. The van der Waals surface area contributed by atoms with Crippen LogP contribution in [0, 0.1) is 5.82 Å². The third kappa shape index (κ3) is 4.92. The molecule has 2 amide bonds. The molecule has 0 saturated heterocycles. The summed E-state index contributed by atoms with van der Waals surface area (Å²) in [5.74, 6) is -1.16. The molecule has 0 aromatic heterocycles. The van der Waals surface area contributed by atoms with Crippen molar-refractivity contribution < 1.29 is 14.0 Å². The average Bonchev–Trinajstić information content (AvgIpc) is 2.70. The molecule has 6 heteroatoms. The summed E-state index contributed by atoms with van der Waals surface area (Å²) in [7, 11) is 0. The Balaban J connectivity index is 1.61. The third-order valence-electron chi connectivity index (χ3n) is 3.88. The van der Waals surface area contributed by atoms with Crippen molar-refractivity contribution in [2.45, 2.75) is 6.54 Å². The summed E-state index contributed by atoms with van der Waals surface area (Å²) in [5.41, 5.74) is 2.21. The van der Waals surface area contributed by atoms with Crippen LogP contribution in [0.2, 0.25) is 5.02 Å². The third-order valence-corrected chi connectivity index (χ3v) is 4.17. The molecule has 0 aliphatic carbocycles. The first kappa shape index (κ1) is 18.6. The van der Waals surface area contributed by atoms with Gasteiger partial charge in [-0.1, -0.05) is 41.9 Å². The van der Waals surface area contributed by atoms with Gasteiger partial charge in [0.15, 0.2) is 0 Å². The molecule has 0 fully saturated rings. The lowest BCUT2D eigenvalue weighted by atomic mass is 10.1. The van der Waals surface area contributed by atoms with E-state index in [0.29, 0.717) is 23.4 Å². The molecular formula is C21H16ClFN2O2. The first-order valence-electron chi connectivity index (χ1n) is 8.21. The zero-order chi connectivity index (χ0) is 19.2. The van der Waals surface area contributed by atoms with Gasteiger partial charge in [-0.2, -0.15) is 0 Å². The number of halogens is 2. The second-order valence-electron chi connectivity index (χ2n) is 5.83. The molecule has 0 atom stereocenters. The van der Waals surface area contributed by atoms with Crippen LogP contribution < -0.4 is 10.6 Å². The average molecular weight is 383 g/mol. The second kappa shape index (κ2) is 8.47. The lowest BCUT2D eigenvalue weighted by Crippen LogP contribution is -2.22. The zero-order valence-corrected chi connectivity index (χ0v) is 15.0. The number of benzene rings is 3. The highest BCUT2D eigenvalue weighted by atomic mass is 35.5. The monoisotopic (exact) mass is 382 g/mol. The molecule has 0 bridgehead atoms. The van der Waals surface area contributed by atoms with Crippen molar-refractivity contribution in [1.82, 2.24) is 5.32 Å². The summed E-state index contributed by atoms with van der Waals surface area (Å²) in [4.78, 5) is 24.5. The minimum atomic E-state index is -0.555. The molecule has 3 rings (SSSR count). The number of hydrogen-bond acceptors (Lipinski definition) is 2. The van der Waals surface area contributed by atoms with Gasteiger partial charge in [0.25, 0.3) is 11.8 Å². The number of amides is 2. The summed E-state index contributed by atoms with van der Waals surface area (Å²) < 4.78 is 13.2. The van der Waals surface area contributed by atoms with Crippen molar-refractivity contribution >= 4 is 29.1 Å². The first-order chi connectivity index (χ1) is 13.0. The molecule has 0 heterocycles. The Hall–Kier alpha value is -3.18. The summed E-state index contributed by atoms with van der Waals surface area (Å²) in [6, 6.07) is 19.8. The van der Waals surface area contributed by atoms with E-state index in [2.05, 4.69) is 10.6 Å². The van der Waals surface area contributed by atoms with Gasteiger partial charge < -0.3 is 10.6 Å². The molecular weight excluding hydrogens is 367 g/mol. The first-order valence-corrected chi connectivity index (χ1v) is 8.59. The van der Waals surface area contributed by atoms with E-state index in [-0.39, 0.29) is 16.8 Å². The molecule has 0 unspecified atom stereocenters. The van der Waals surface area contributed by atoms with Gasteiger partial charge in [0.1, 0.15) is 5.82 Å². The zero-order valence-electron chi connectivity index (χ0n) is 14.2. The van der Waals surface area contributed by atoms with Crippen LogP contribution in [-0.4, -0.2) is 11.8 Å². The standard InChI is InChI=1S/C21H16ClFN2O2/c22-18-12-17(10-11-19(18)23)25-21(27)16-8-6-15(7-9-16)20(26)24-13-14-4-2-1-3-5-14/h1-12H,13H2,(H,24,26)(H,25,27).